The molecule has 0 unspecified atom stereocenters. The van der Waals surface area contributed by atoms with E-state index >= 15 is 0 Å². The molecule has 1 rings (SSSR count). The number of aromatic nitrogens is 2. The number of nitrogens with one attached hydrogen (secondary N) is 1. The molecule has 0 aromatic carbocycles. The lowest BCUT2D eigenvalue weighted by molar-refractivity contribution is -0.121. The van der Waals surface area contributed by atoms with Crippen LogP contribution in [0.5, 0.6) is 0 Å². The maximum Gasteiger partial charge on any atom is 0.220 e. The van der Waals surface area contributed by atoms with Gasteiger partial charge in [-0.3, -0.25) is 9.48 Å². The van der Waals surface area contributed by atoms with Crippen molar-refractivity contribution in [1.29, 1.82) is 0 Å². The number of amides is 1. The van der Waals surface area contributed by atoms with Gasteiger partial charge in [-0.1, -0.05) is 0 Å². The van der Waals surface area contributed by atoms with Crippen LogP contribution in [-0.4, -0.2) is 28.8 Å². The molecule has 15 heavy (non-hydrogen) atoms. The molecule has 0 atom stereocenters. The first-order chi connectivity index (χ1) is 7.22. The van der Waals surface area contributed by atoms with E-state index in [-0.39, 0.29) is 5.91 Å². The van der Waals surface area contributed by atoms with Gasteiger partial charge in [-0.25, -0.2) is 0 Å². The number of nitrogens with zero attached hydrogens (tertiary/aromatic N) is 2. The Hall–Kier alpha value is -1.36. The van der Waals surface area contributed by atoms with Gasteiger partial charge in [0.05, 0.1) is 5.69 Å². The van der Waals surface area contributed by atoms with Crippen LogP contribution in [0.1, 0.15) is 18.5 Å². The fraction of sp³-hybridized carbons (Fsp3) is 0.600. The van der Waals surface area contributed by atoms with Crippen LogP contribution in [-0.2, 0) is 18.3 Å². The minimum Gasteiger partial charge on any atom is -0.356 e. The number of hydrogen-bond acceptors (Lipinski definition) is 3. The van der Waals surface area contributed by atoms with Crippen LogP contribution < -0.4 is 11.1 Å². The van der Waals surface area contributed by atoms with E-state index in [1.165, 1.54) is 0 Å². The largest absolute Gasteiger partial charge is 0.356 e. The van der Waals surface area contributed by atoms with Crippen LogP contribution in [0.2, 0.25) is 0 Å². The summed E-state index contributed by atoms with van der Waals surface area (Å²) in [7, 11) is 1.88. The molecule has 0 fully saturated rings. The summed E-state index contributed by atoms with van der Waals surface area (Å²) in [5.41, 5.74) is 6.30. The third kappa shape index (κ3) is 4.60. The second kappa shape index (κ2) is 6.19. The fourth-order valence-electron chi connectivity index (χ4n) is 1.28. The number of carbonyl (C=O) groups excluding carboxylic acids is 1. The van der Waals surface area contributed by atoms with Gasteiger partial charge >= 0.3 is 0 Å². The first-order valence-corrected chi connectivity index (χ1v) is 5.17. The van der Waals surface area contributed by atoms with Crippen molar-refractivity contribution in [1.82, 2.24) is 15.1 Å². The smallest absolute Gasteiger partial charge is 0.220 e. The molecule has 1 heterocycles. The topological polar surface area (TPSA) is 72.9 Å². The molecule has 0 spiro atoms. The molecule has 1 amide bonds. The molecule has 1 aromatic rings. The lowest BCUT2D eigenvalue weighted by Crippen LogP contribution is -2.26. The lowest BCUT2D eigenvalue weighted by atomic mass is 10.3. The highest BCUT2D eigenvalue weighted by atomic mass is 16.1. The Morgan fingerprint density at radius 2 is 2.47 bits per heavy atom. The van der Waals surface area contributed by atoms with E-state index in [4.69, 9.17) is 5.73 Å². The zero-order valence-corrected chi connectivity index (χ0v) is 9.07. The molecule has 0 bridgehead atoms. The molecule has 3 N–H and O–H groups in total. The molecule has 5 heteroatoms. The van der Waals surface area contributed by atoms with Crippen LogP contribution >= 0.6 is 0 Å². The van der Waals surface area contributed by atoms with Crippen LogP contribution in [0, 0.1) is 0 Å². The first kappa shape index (κ1) is 11.7. The van der Waals surface area contributed by atoms with Gasteiger partial charge in [0.1, 0.15) is 0 Å². The van der Waals surface area contributed by atoms with E-state index in [1.807, 2.05) is 19.3 Å². The second-order valence-electron chi connectivity index (χ2n) is 3.47. The number of carbonyl (C=O) groups is 1. The van der Waals surface area contributed by atoms with Gasteiger partial charge in [0.15, 0.2) is 0 Å². The molecule has 5 nitrogen and oxygen atoms in total. The predicted octanol–water partition coefficient (Wildman–Crippen LogP) is -0.182. The minimum atomic E-state index is 0.0661. The summed E-state index contributed by atoms with van der Waals surface area (Å²) in [6, 6.07) is 1.95. The van der Waals surface area contributed by atoms with Crippen molar-refractivity contribution < 1.29 is 4.79 Å². The zero-order valence-electron chi connectivity index (χ0n) is 9.07. The number of rotatable bonds is 6. The van der Waals surface area contributed by atoms with Crippen molar-refractivity contribution in [2.24, 2.45) is 12.8 Å². The van der Waals surface area contributed by atoms with Crippen molar-refractivity contribution in [3.8, 4) is 0 Å². The van der Waals surface area contributed by atoms with Crippen LogP contribution in [0.4, 0.5) is 0 Å². The quantitative estimate of drug-likeness (QED) is 0.684. The Balaban J connectivity index is 2.13. The minimum absolute atomic E-state index is 0.0661. The molecule has 1 aromatic heterocycles. The van der Waals surface area contributed by atoms with E-state index in [1.54, 1.807) is 4.68 Å². The maximum absolute atomic E-state index is 11.2. The Morgan fingerprint density at radius 3 is 3.07 bits per heavy atom. The molecule has 0 aliphatic carbocycles. The summed E-state index contributed by atoms with van der Waals surface area (Å²) in [6.07, 6.45) is 3.93. The van der Waals surface area contributed by atoms with Crippen molar-refractivity contribution in [2.75, 3.05) is 13.1 Å². The first-order valence-electron chi connectivity index (χ1n) is 5.17. The molecule has 0 saturated carbocycles. The van der Waals surface area contributed by atoms with Gasteiger partial charge in [0.2, 0.25) is 5.91 Å². The monoisotopic (exact) mass is 210 g/mol. The van der Waals surface area contributed by atoms with E-state index in [2.05, 4.69) is 10.4 Å². The highest BCUT2D eigenvalue weighted by Crippen LogP contribution is 1.94. The van der Waals surface area contributed by atoms with Gasteiger partial charge in [0.25, 0.3) is 0 Å². The molecular formula is C10H18N4O. The predicted molar refractivity (Wildman–Crippen MR) is 58.2 cm³/mol. The van der Waals surface area contributed by atoms with E-state index < -0.39 is 0 Å². The van der Waals surface area contributed by atoms with E-state index in [9.17, 15) is 4.79 Å². The normalized spacial score (nSPS) is 10.3. The van der Waals surface area contributed by atoms with Gasteiger partial charge < -0.3 is 11.1 Å². The number of hydrogen-bond donors (Lipinski definition) is 2. The summed E-state index contributed by atoms with van der Waals surface area (Å²) in [5.74, 6) is 0.0661. The molecule has 0 radical (unpaired) electrons. The van der Waals surface area contributed by atoms with Gasteiger partial charge in [-0.15, -0.1) is 0 Å². The standard InChI is InChI=1S/C10H18N4O/c1-14-8-5-9(13-14)4-7-12-10(15)3-2-6-11/h5,8H,2-4,6-7,11H2,1H3,(H,12,15). The zero-order chi connectivity index (χ0) is 11.1. The molecule has 0 saturated heterocycles. The van der Waals surface area contributed by atoms with E-state index in [0.717, 1.165) is 18.5 Å². The van der Waals surface area contributed by atoms with Crippen molar-refractivity contribution >= 4 is 5.91 Å². The van der Waals surface area contributed by atoms with Gasteiger partial charge in [0, 0.05) is 32.6 Å². The number of nitrogens with two attached hydrogens (primary N) is 1. The highest BCUT2D eigenvalue weighted by molar-refractivity contribution is 5.75. The van der Waals surface area contributed by atoms with Crippen molar-refractivity contribution in [3.05, 3.63) is 18.0 Å². The summed E-state index contributed by atoms with van der Waals surface area (Å²) in [6.45, 7) is 1.20. The Bertz CT molecular complexity index is 308. The Kier molecular flexibility index (Phi) is 4.83. The van der Waals surface area contributed by atoms with Crippen molar-refractivity contribution in [3.63, 3.8) is 0 Å². The van der Waals surface area contributed by atoms with E-state index in [0.29, 0.717) is 19.5 Å². The summed E-state index contributed by atoms with van der Waals surface area (Å²) >= 11 is 0. The summed E-state index contributed by atoms with van der Waals surface area (Å²) in [4.78, 5) is 11.2. The lowest BCUT2D eigenvalue weighted by Gasteiger charge is -2.02. The Labute approximate surface area is 89.6 Å². The maximum atomic E-state index is 11.2. The molecule has 0 aliphatic heterocycles. The van der Waals surface area contributed by atoms with Crippen LogP contribution in [0.3, 0.4) is 0 Å². The average Bonchev–Trinajstić information content (AvgIpc) is 2.61. The second-order valence-corrected chi connectivity index (χ2v) is 3.47. The van der Waals surface area contributed by atoms with Gasteiger partial charge in [-0.05, 0) is 19.0 Å². The average molecular weight is 210 g/mol. The molecular weight excluding hydrogens is 192 g/mol. The number of aryl methyl sites for hydroxylation is 1. The molecule has 84 valence electrons. The highest BCUT2D eigenvalue weighted by Gasteiger charge is 2.00. The van der Waals surface area contributed by atoms with Crippen LogP contribution in [0.25, 0.3) is 0 Å². The third-order valence-corrected chi connectivity index (χ3v) is 2.08. The third-order valence-electron chi connectivity index (χ3n) is 2.08. The Morgan fingerprint density at radius 1 is 1.67 bits per heavy atom. The molecule has 0 aliphatic rings. The van der Waals surface area contributed by atoms with Crippen LogP contribution in [0.15, 0.2) is 12.3 Å². The van der Waals surface area contributed by atoms with Crippen molar-refractivity contribution in [2.45, 2.75) is 19.3 Å². The SMILES string of the molecule is Cn1ccc(CCNC(=O)CCCN)n1. The fourth-order valence-corrected chi connectivity index (χ4v) is 1.28. The summed E-state index contributed by atoms with van der Waals surface area (Å²) < 4.78 is 1.76. The van der Waals surface area contributed by atoms with Gasteiger partial charge in [-0.2, -0.15) is 5.10 Å². The summed E-state index contributed by atoms with van der Waals surface area (Å²) in [5, 5.41) is 7.05.